The molecule has 2 aromatic rings. The van der Waals surface area contributed by atoms with E-state index in [1.54, 1.807) is 12.1 Å². The number of hydrogen-bond donors (Lipinski definition) is 0. The molecular weight excluding hydrogens is 317 g/mol. The van der Waals surface area contributed by atoms with Gasteiger partial charge in [-0.15, -0.1) is 0 Å². The fraction of sp³-hybridized carbons (Fsp3) is 0.381. The lowest BCUT2D eigenvalue weighted by Crippen LogP contribution is -2.33. The van der Waals surface area contributed by atoms with Crippen molar-refractivity contribution in [2.75, 3.05) is 6.61 Å². The van der Waals surface area contributed by atoms with Crippen LogP contribution in [-0.4, -0.2) is 23.5 Å². The Kier molecular flexibility index (Phi) is 5.69. The molecule has 1 fully saturated rings. The van der Waals surface area contributed by atoms with Crippen LogP contribution in [0.2, 0.25) is 0 Å². The molecule has 3 nitrogen and oxygen atoms in total. The summed E-state index contributed by atoms with van der Waals surface area (Å²) in [4.78, 5) is 14.5. The molecule has 1 saturated carbocycles. The third kappa shape index (κ3) is 4.81. The van der Waals surface area contributed by atoms with Gasteiger partial charge in [-0.1, -0.05) is 30.3 Å². The van der Waals surface area contributed by atoms with Gasteiger partial charge in [0, 0.05) is 24.6 Å². The van der Waals surface area contributed by atoms with Crippen LogP contribution in [0.3, 0.4) is 0 Å². The van der Waals surface area contributed by atoms with E-state index in [1.165, 1.54) is 6.07 Å². The minimum atomic E-state index is -0.243. The van der Waals surface area contributed by atoms with Gasteiger partial charge >= 0.3 is 0 Å². The Hall–Kier alpha value is -2.36. The number of rotatable bonds is 8. The van der Waals surface area contributed by atoms with E-state index in [0.29, 0.717) is 31.6 Å². The molecule has 0 aliphatic heterocycles. The molecule has 1 amide bonds. The molecule has 0 atom stereocenters. The molecule has 0 saturated heterocycles. The summed E-state index contributed by atoms with van der Waals surface area (Å²) >= 11 is 0. The first-order valence-corrected chi connectivity index (χ1v) is 8.92. The first kappa shape index (κ1) is 17.5. The van der Waals surface area contributed by atoms with E-state index in [0.717, 1.165) is 24.2 Å². The molecule has 1 aliphatic rings. The summed E-state index contributed by atoms with van der Waals surface area (Å²) in [7, 11) is 0. The Morgan fingerprint density at radius 2 is 1.88 bits per heavy atom. The molecular formula is C21H24FNO2. The summed E-state index contributed by atoms with van der Waals surface area (Å²) in [6, 6.07) is 14.8. The van der Waals surface area contributed by atoms with Crippen LogP contribution in [0, 0.1) is 5.82 Å². The minimum absolute atomic E-state index is 0.0969. The quantitative estimate of drug-likeness (QED) is 0.714. The van der Waals surface area contributed by atoms with Crippen LogP contribution in [0.15, 0.2) is 48.5 Å². The van der Waals surface area contributed by atoms with Gasteiger partial charge in [-0.25, -0.2) is 4.39 Å². The lowest BCUT2D eigenvalue weighted by Gasteiger charge is -2.23. The first-order chi connectivity index (χ1) is 12.2. The lowest BCUT2D eigenvalue weighted by atomic mass is 10.1. The Balaban J connectivity index is 1.59. The molecule has 0 bridgehead atoms. The zero-order valence-corrected chi connectivity index (χ0v) is 14.6. The van der Waals surface area contributed by atoms with Crippen molar-refractivity contribution in [2.45, 2.75) is 45.2 Å². The van der Waals surface area contributed by atoms with E-state index < -0.39 is 0 Å². The zero-order chi connectivity index (χ0) is 17.6. The average molecular weight is 341 g/mol. The number of amides is 1. The molecule has 3 rings (SSSR count). The van der Waals surface area contributed by atoms with Crippen molar-refractivity contribution in [1.82, 2.24) is 4.90 Å². The highest BCUT2D eigenvalue weighted by Gasteiger charge is 2.32. The highest BCUT2D eigenvalue weighted by molar-refractivity contribution is 5.77. The zero-order valence-electron chi connectivity index (χ0n) is 14.6. The van der Waals surface area contributed by atoms with Crippen molar-refractivity contribution < 1.29 is 13.9 Å². The van der Waals surface area contributed by atoms with Crippen molar-refractivity contribution in [2.24, 2.45) is 0 Å². The normalized spacial score (nSPS) is 13.5. The van der Waals surface area contributed by atoms with E-state index in [1.807, 2.05) is 42.2 Å². The van der Waals surface area contributed by atoms with Crippen LogP contribution in [0.25, 0.3) is 0 Å². The van der Waals surface area contributed by atoms with Crippen molar-refractivity contribution in [3.05, 3.63) is 65.5 Å². The average Bonchev–Trinajstić information content (AvgIpc) is 3.45. The van der Waals surface area contributed by atoms with Gasteiger partial charge in [0.25, 0.3) is 0 Å². The monoisotopic (exact) mass is 341 g/mol. The number of halogens is 1. The van der Waals surface area contributed by atoms with Gasteiger partial charge in [-0.05, 0) is 49.9 Å². The van der Waals surface area contributed by atoms with Crippen LogP contribution in [0.4, 0.5) is 4.39 Å². The second kappa shape index (κ2) is 8.15. The predicted octanol–water partition coefficient (Wildman–Crippen LogP) is 4.35. The number of ether oxygens (including phenoxy) is 1. The van der Waals surface area contributed by atoms with Crippen LogP contribution >= 0.6 is 0 Å². The standard InChI is InChI=1S/C21H24FNO2/c1-2-25-19-12-7-16(8-13-19)9-14-21(24)23(18-10-11-18)15-17-5-3-4-6-20(17)22/h3-8,12-13,18H,2,9-11,14-15H2,1H3. The summed E-state index contributed by atoms with van der Waals surface area (Å²) in [5.74, 6) is 0.698. The minimum Gasteiger partial charge on any atom is -0.494 e. The van der Waals surface area contributed by atoms with Gasteiger partial charge in [-0.3, -0.25) is 4.79 Å². The molecule has 0 N–H and O–H groups in total. The molecule has 0 spiro atoms. The Labute approximate surface area is 148 Å². The Bertz CT molecular complexity index is 710. The highest BCUT2D eigenvalue weighted by Crippen LogP contribution is 2.29. The first-order valence-electron chi connectivity index (χ1n) is 8.92. The van der Waals surface area contributed by atoms with Crippen molar-refractivity contribution in [3.63, 3.8) is 0 Å². The fourth-order valence-corrected chi connectivity index (χ4v) is 2.93. The van der Waals surface area contributed by atoms with Crippen LogP contribution in [0.5, 0.6) is 5.75 Å². The van der Waals surface area contributed by atoms with E-state index >= 15 is 0 Å². The molecule has 0 radical (unpaired) electrons. The number of nitrogens with zero attached hydrogens (tertiary/aromatic N) is 1. The Morgan fingerprint density at radius 1 is 1.16 bits per heavy atom. The van der Waals surface area contributed by atoms with Gasteiger partial charge in [0.1, 0.15) is 11.6 Å². The smallest absolute Gasteiger partial charge is 0.223 e. The number of hydrogen-bond acceptors (Lipinski definition) is 2. The highest BCUT2D eigenvalue weighted by atomic mass is 19.1. The molecule has 132 valence electrons. The number of benzene rings is 2. The lowest BCUT2D eigenvalue weighted by molar-refractivity contribution is -0.132. The second-order valence-corrected chi connectivity index (χ2v) is 6.42. The van der Waals surface area contributed by atoms with Gasteiger partial charge in [0.05, 0.1) is 6.61 Å². The van der Waals surface area contributed by atoms with E-state index in [9.17, 15) is 9.18 Å². The van der Waals surface area contributed by atoms with Crippen molar-refractivity contribution in [1.29, 1.82) is 0 Å². The van der Waals surface area contributed by atoms with Crippen molar-refractivity contribution in [3.8, 4) is 5.75 Å². The van der Waals surface area contributed by atoms with Crippen LogP contribution in [0.1, 0.15) is 37.3 Å². The summed E-state index contributed by atoms with van der Waals surface area (Å²) in [5.41, 5.74) is 1.70. The number of carbonyl (C=O) groups excluding carboxylic acids is 1. The van der Waals surface area contributed by atoms with Crippen LogP contribution < -0.4 is 4.74 Å². The largest absolute Gasteiger partial charge is 0.494 e. The molecule has 0 heterocycles. The molecule has 25 heavy (non-hydrogen) atoms. The van der Waals surface area contributed by atoms with Gasteiger partial charge in [-0.2, -0.15) is 0 Å². The summed E-state index contributed by atoms with van der Waals surface area (Å²) in [6.45, 7) is 2.96. The summed E-state index contributed by atoms with van der Waals surface area (Å²) < 4.78 is 19.3. The Morgan fingerprint density at radius 3 is 2.52 bits per heavy atom. The van der Waals surface area contributed by atoms with E-state index in [-0.39, 0.29) is 17.8 Å². The third-order valence-corrected chi connectivity index (χ3v) is 4.47. The number of aryl methyl sites for hydroxylation is 1. The molecule has 0 unspecified atom stereocenters. The maximum absolute atomic E-state index is 13.9. The fourth-order valence-electron chi connectivity index (χ4n) is 2.93. The maximum atomic E-state index is 13.9. The molecule has 1 aliphatic carbocycles. The van der Waals surface area contributed by atoms with E-state index in [4.69, 9.17) is 4.74 Å². The predicted molar refractivity (Wildman–Crippen MR) is 95.9 cm³/mol. The van der Waals surface area contributed by atoms with Crippen molar-refractivity contribution >= 4 is 5.91 Å². The maximum Gasteiger partial charge on any atom is 0.223 e. The SMILES string of the molecule is CCOc1ccc(CCC(=O)N(Cc2ccccc2F)C2CC2)cc1. The topological polar surface area (TPSA) is 29.5 Å². The van der Waals surface area contributed by atoms with E-state index in [2.05, 4.69) is 0 Å². The van der Waals surface area contributed by atoms with Gasteiger partial charge in [0.2, 0.25) is 5.91 Å². The number of carbonyl (C=O) groups is 1. The molecule has 2 aromatic carbocycles. The second-order valence-electron chi connectivity index (χ2n) is 6.42. The molecule has 4 heteroatoms. The summed E-state index contributed by atoms with van der Waals surface area (Å²) in [5, 5.41) is 0. The van der Waals surface area contributed by atoms with Gasteiger partial charge in [0.15, 0.2) is 0 Å². The summed E-state index contributed by atoms with van der Waals surface area (Å²) in [6.07, 6.45) is 3.16. The van der Waals surface area contributed by atoms with Crippen LogP contribution in [-0.2, 0) is 17.8 Å². The third-order valence-electron chi connectivity index (χ3n) is 4.47. The molecule has 0 aromatic heterocycles. The van der Waals surface area contributed by atoms with Gasteiger partial charge < -0.3 is 9.64 Å².